The molecule has 2 aromatic rings. The number of hydrogen-bond acceptors (Lipinski definition) is 5. The fraction of sp³-hybridized carbons (Fsp3) is 0.550. The minimum atomic E-state index is -0.547. The topological polar surface area (TPSA) is 96.3 Å². The van der Waals surface area contributed by atoms with E-state index in [0.717, 1.165) is 35.9 Å². The molecule has 27 heavy (non-hydrogen) atoms. The number of ketones is 2. The molecular formula is C20H27N3O4. The van der Waals surface area contributed by atoms with Gasteiger partial charge in [0.25, 0.3) is 0 Å². The lowest BCUT2D eigenvalue weighted by Gasteiger charge is -2.21. The van der Waals surface area contributed by atoms with Crippen LogP contribution in [-0.4, -0.2) is 40.5 Å². The summed E-state index contributed by atoms with van der Waals surface area (Å²) < 4.78 is 8.75. The molecule has 1 unspecified atom stereocenters. The summed E-state index contributed by atoms with van der Waals surface area (Å²) in [5, 5.41) is 0. The van der Waals surface area contributed by atoms with Gasteiger partial charge in [-0.05, 0) is 43.9 Å². The van der Waals surface area contributed by atoms with Crippen LogP contribution in [0, 0.1) is 0 Å². The molecule has 7 nitrogen and oxygen atoms in total. The summed E-state index contributed by atoms with van der Waals surface area (Å²) in [5.41, 5.74) is 7.93. The summed E-state index contributed by atoms with van der Waals surface area (Å²) in [5.74, 6) is -0.209. The molecule has 0 radical (unpaired) electrons. The number of Topliss-reactive ketones (excluding diaryl/α,β-unsaturated/α-hetero) is 2. The number of rotatable bonds is 8. The van der Waals surface area contributed by atoms with Gasteiger partial charge in [0.05, 0.1) is 23.5 Å². The van der Waals surface area contributed by atoms with E-state index < -0.39 is 6.04 Å². The smallest absolute Gasteiger partial charge is 0.329 e. The van der Waals surface area contributed by atoms with Crippen molar-refractivity contribution >= 4 is 22.6 Å². The average Bonchev–Trinajstić information content (AvgIpc) is 2.90. The number of ether oxygens (including phenoxy) is 1. The number of aryl methyl sites for hydroxylation is 2. The van der Waals surface area contributed by atoms with Crippen LogP contribution in [0.2, 0.25) is 0 Å². The van der Waals surface area contributed by atoms with E-state index >= 15 is 0 Å². The van der Waals surface area contributed by atoms with Crippen molar-refractivity contribution in [1.82, 2.24) is 9.13 Å². The van der Waals surface area contributed by atoms with Gasteiger partial charge in [0, 0.05) is 26.7 Å². The fourth-order valence-electron chi connectivity index (χ4n) is 3.81. The van der Waals surface area contributed by atoms with E-state index in [0.29, 0.717) is 32.6 Å². The fourth-order valence-corrected chi connectivity index (χ4v) is 3.81. The molecule has 7 heteroatoms. The molecule has 1 saturated carbocycles. The van der Waals surface area contributed by atoms with Gasteiger partial charge in [-0.15, -0.1) is 0 Å². The number of hydrogen-bond donors (Lipinski definition) is 1. The first kappa shape index (κ1) is 19.5. The molecule has 1 atom stereocenters. The predicted molar refractivity (Wildman–Crippen MR) is 103 cm³/mol. The maximum absolute atomic E-state index is 12.9. The first-order valence-electron chi connectivity index (χ1n) is 9.55. The van der Waals surface area contributed by atoms with Gasteiger partial charge >= 0.3 is 5.69 Å². The van der Waals surface area contributed by atoms with Crippen LogP contribution in [-0.2, 0) is 27.8 Å². The average molecular weight is 373 g/mol. The standard InChI is InChI=1S/C20H27N3O4/c1-22-19-14(6-3-11-27-12-4-10-21)5-2-7-17(19)23(20(22)26)16-9-8-15(24)13-18(16)25/h2,5,7,16H,3-4,6,8-13,21H2,1H3. The molecule has 146 valence electrons. The number of carbonyl (C=O) groups is 2. The van der Waals surface area contributed by atoms with Crippen LogP contribution >= 0.6 is 0 Å². The monoisotopic (exact) mass is 373 g/mol. The molecule has 0 bridgehead atoms. The number of aromatic nitrogens is 2. The lowest BCUT2D eigenvalue weighted by molar-refractivity contribution is -0.132. The van der Waals surface area contributed by atoms with Gasteiger partial charge in [-0.3, -0.25) is 18.7 Å². The highest BCUT2D eigenvalue weighted by atomic mass is 16.5. The Bertz CT molecular complexity index is 896. The van der Waals surface area contributed by atoms with Crippen molar-refractivity contribution < 1.29 is 14.3 Å². The van der Waals surface area contributed by atoms with E-state index in [2.05, 4.69) is 0 Å². The Labute approximate surface area is 158 Å². The molecule has 1 aliphatic rings. The van der Waals surface area contributed by atoms with E-state index in [4.69, 9.17) is 10.5 Å². The van der Waals surface area contributed by atoms with Gasteiger partial charge in [0.2, 0.25) is 0 Å². The van der Waals surface area contributed by atoms with Crippen molar-refractivity contribution in [3.8, 4) is 0 Å². The summed E-state index contributed by atoms with van der Waals surface area (Å²) >= 11 is 0. The second-order valence-corrected chi connectivity index (χ2v) is 7.09. The minimum absolute atomic E-state index is 0.0418. The molecule has 1 aromatic heterocycles. The lowest BCUT2D eigenvalue weighted by Crippen LogP contribution is -2.34. The first-order chi connectivity index (χ1) is 13.0. The maximum Gasteiger partial charge on any atom is 0.329 e. The van der Waals surface area contributed by atoms with Crippen LogP contribution in [0.3, 0.4) is 0 Å². The number of para-hydroxylation sites is 1. The Hall–Kier alpha value is -2.25. The van der Waals surface area contributed by atoms with Crippen LogP contribution in [0.4, 0.5) is 0 Å². The van der Waals surface area contributed by atoms with Crippen LogP contribution in [0.15, 0.2) is 23.0 Å². The van der Waals surface area contributed by atoms with Crippen molar-refractivity contribution in [2.24, 2.45) is 12.8 Å². The highest BCUT2D eigenvalue weighted by Gasteiger charge is 2.31. The highest BCUT2D eigenvalue weighted by Crippen LogP contribution is 2.27. The normalized spacial score (nSPS) is 17.8. The Balaban J connectivity index is 1.85. The number of nitrogens with zero attached hydrogens (tertiary/aromatic N) is 2. The second-order valence-electron chi connectivity index (χ2n) is 7.09. The van der Waals surface area contributed by atoms with E-state index in [9.17, 15) is 14.4 Å². The SMILES string of the molecule is Cn1c(=O)n(C2CCC(=O)CC2=O)c2cccc(CCCOCCCN)c21. The van der Waals surface area contributed by atoms with Gasteiger partial charge in [-0.2, -0.15) is 0 Å². The van der Waals surface area contributed by atoms with Crippen LogP contribution in [0.1, 0.15) is 43.7 Å². The maximum atomic E-state index is 12.9. The van der Waals surface area contributed by atoms with E-state index in [1.165, 1.54) is 0 Å². The molecule has 0 amide bonds. The van der Waals surface area contributed by atoms with Crippen molar-refractivity contribution in [1.29, 1.82) is 0 Å². The molecular weight excluding hydrogens is 346 g/mol. The van der Waals surface area contributed by atoms with Crippen molar-refractivity contribution in [3.05, 3.63) is 34.2 Å². The van der Waals surface area contributed by atoms with Gasteiger partial charge in [-0.1, -0.05) is 12.1 Å². The second kappa shape index (κ2) is 8.63. The number of imidazole rings is 1. The third-order valence-corrected chi connectivity index (χ3v) is 5.17. The Morgan fingerprint density at radius 2 is 1.96 bits per heavy atom. The van der Waals surface area contributed by atoms with E-state index in [-0.39, 0.29) is 23.7 Å². The predicted octanol–water partition coefficient (Wildman–Crippen LogP) is 1.50. The van der Waals surface area contributed by atoms with E-state index in [1.54, 1.807) is 16.2 Å². The van der Waals surface area contributed by atoms with Crippen molar-refractivity contribution in [2.75, 3.05) is 19.8 Å². The Kier molecular flexibility index (Phi) is 6.23. The molecule has 2 N–H and O–H groups in total. The quantitative estimate of drug-likeness (QED) is 0.559. The third kappa shape index (κ3) is 4.04. The van der Waals surface area contributed by atoms with Crippen molar-refractivity contribution in [3.63, 3.8) is 0 Å². The Morgan fingerprint density at radius 3 is 2.70 bits per heavy atom. The van der Waals surface area contributed by atoms with Gasteiger partial charge in [0.15, 0.2) is 5.78 Å². The summed E-state index contributed by atoms with van der Waals surface area (Å²) in [4.78, 5) is 36.8. The zero-order valence-electron chi connectivity index (χ0n) is 15.8. The number of benzene rings is 1. The minimum Gasteiger partial charge on any atom is -0.381 e. The van der Waals surface area contributed by atoms with E-state index in [1.807, 2.05) is 18.2 Å². The molecule has 1 aliphatic carbocycles. The molecule has 1 fully saturated rings. The van der Waals surface area contributed by atoms with Gasteiger partial charge in [0.1, 0.15) is 5.78 Å². The third-order valence-electron chi connectivity index (χ3n) is 5.17. The summed E-state index contributed by atoms with van der Waals surface area (Å²) in [6.07, 6.45) is 3.15. The number of nitrogens with two attached hydrogens (primary N) is 1. The summed E-state index contributed by atoms with van der Waals surface area (Å²) in [6.45, 7) is 1.94. The molecule has 0 aliphatic heterocycles. The van der Waals surface area contributed by atoms with Crippen LogP contribution in [0.25, 0.3) is 11.0 Å². The molecule has 0 saturated heterocycles. The molecule has 1 aromatic carbocycles. The van der Waals surface area contributed by atoms with Gasteiger partial charge < -0.3 is 10.5 Å². The van der Waals surface area contributed by atoms with Gasteiger partial charge in [-0.25, -0.2) is 4.79 Å². The first-order valence-corrected chi connectivity index (χ1v) is 9.55. The lowest BCUT2D eigenvalue weighted by atomic mass is 9.92. The molecule has 3 rings (SSSR count). The van der Waals surface area contributed by atoms with Crippen LogP contribution in [0.5, 0.6) is 0 Å². The Morgan fingerprint density at radius 1 is 1.19 bits per heavy atom. The highest BCUT2D eigenvalue weighted by molar-refractivity contribution is 6.03. The largest absolute Gasteiger partial charge is 0.381 e. The molecule has 1 heterocycles. The molecule has 0 spiro atoms. The number of fused-ring (bicyclic) bond motifs is 1. The summed E-state index contributed by atoms with van der Waals surface area (Å²) in [6, 6.07) is 5.26. The zero-order chi connectivity index (χ0) is 19.4. The van der Waals surface area contributed by atoms with Crippen LogP contribution < -0.4 is 11.4 Å². The zero-order valence-corrected chi connectivity index (χ0v) is 15.8. The number of carbonyl (C=O) groups excluding carboxylic acids is 2. The van der Waals surface area contributed by atoms with Crippen molar-refractivity contribution in [2.45, 2.75) is 44.6 Å². The summed E-state index contributed by atoms with van der Waals surface area (Å²) in [7, 11) is 1.74.